The van der Waals surface area contributed by atoms with Gasteiger partial charge in [-0.15, -0.1) is 11.3 Å². The second-order valence-corrected chi connectivity index (χ2v) is 8.01. The number of benzene rings is 1. The Bertz CT molecular complexity index is 1080. The maximum atomic E-state index is 12.9. The molecule has 9 nitrogen and oxygen atoms in total. The summed E-state index contributed by atoms with van der Waals surface area (Å²) in [6.07, 6.45) is 0. The van der Waals surface area contributed by atoms with E-state index in [0.29, 0.717) is 17.0 Å². The minimum Gasteiger partial charge on any atom is -0.482 e. The molecule has 170 valence electrons. The Labute approximate surface area is 189 Å². The molecule has 2 heterocycles. The van der Waals surface area contributed by atoms with Crippen LogP contribution in [0.5, 0.6) is 5.75 Å². The molecular weight excluding hydrogens is 436 g/mol. The topological polar surface area (TPSA) is 111 Å². The molecule has 0 bridgehead atoms. The number of carbonyl (C=O) groups excluding carboxylic acids is 4. The first kappa shape index (κ1) is 23.3. The SMILES string of the molecule is CCOC(=O)c1sc(NC(=O)CN2C(=O)COc3ccc(C)cc32)c(C(=O)OCC)c1C. The van der Waals surface area contributed by atoms with E-state index in [1.807, 2.05) is 13.0 Å². The lowest BCUT2D eigenvalue weighted by Crippen LogP contribution is -2.43. The van der Waals surface area contributed by atoms with Crippen molar-refractivity contribution in [3.8, 4) is 5.75 Å². The summed E-state index contributed by atoms with van der Waals surface area (Å²) in [7, 11) is 0. The second-order valence-electron chi connectivity index (χ2n) is 6.99. The van der Waals surface area contributed by atoms with Gasteiger partial charge in [0, 0.05) is 0 Å². The number of thiophene rings is 1. The smallest absolute Gasteiger partial charge is 0.348 e. The van der Waals surface area contributed by atoms with E-state index in [9.17, 15) is 19.2 Å². The van der Waals surface area contributed by atoms with Crippen LogP contribution >= 0.6 is 11.3 Å². The van der Waals surface area contributed by atoms with Crippen LogP contribution in [0.2, 0.25) is 0 Å². The van der Waals surface area contributed by atoms with E-state index in [4.69, 9.17) is 14.2 Å². The molecule has 1 aliphatic heterocycles. The Balaban J connectivity index is 1.88. The van der Waals surface area contributed by atoms with Crippen molar-refractivity contribution >= 4 is 45.8 Å². The van der Waals surface area contributed by atoms with Gasteiger partial charge in [-0.1, -0.05) is 6.07 Å². The molecule has 0 atom stereocenters. The van der Waals surface area contributed by atoms with Gasteiger partial charge in [0.15, 0.2) is 6.61 Å². The largest absolute Gasteiger partial charge is 0.482 e. The lowest BCUT2D eigenvalue weighted by Gasteiger charge is -2.29. The first-order valence-electron chi connectivity index (χ1n) is 10.1. The zero-order valence-electron chi connectivity index (χ0n) is 18.3. The summed E-state index contributed by atoms with van der Waals surface area (Å²) < 4.78 is 15.6. The quantitative estimate of drug-likeness (QED) is 0.632. The number of esters is 2. The van der Waals surface area contributed by atoms with Crippen molar-refractivity contribution in [2.24, 2.45) is 0 Å². The van der Waals surface area contributed by atoms with Crippen molar-refractivity contribution in [1.29, 1.82) is 0 Å². The Hall–Kier alpha value is -3.40. The Kier molecular flexibility index (Phi) is 7.14. The predicted molar refractivity (Wildman–Crippen MR) is 119 cm³/mol. The summed E-state index contributed by atoms with van der Waals surface area (Å²) in [5.41, 5.74) is 1.87. The second kappa shape index (κ2) is 9.82. The molecule has 2 aromatic rings. The first-order valence-corrected chi connectivity index (χ1v) is 10.9. The average molecular weight is 461 g/mol. The van der Waals surface area contributed by atoms with Crippen LogP contribution in [-0.2, 0) is 19.1 Å². The number of hydrogen-bond donors (Lipinski definition) is 1. The third kappa shape index (κ3) is 4.75. The maximum Gasteiger partial charge on any atom is 0.348 e. The van der Waals surface area contributed by atoms with Gasteiger partial charge in [0.05, 0.1) is 24.5 Å². The van der Waals surface area contributed by atoms with Gasteiger partial charge in [-0.05, 0) is 51.0 Å². The van der Waals surface area contributed by atoms with Crippen LogP contribution in [0.1, 0.15) is 45.0 Å². The van der Waals surface area contributed by atoms with Crippen LogP contribution < -0.4 is 15.0 Å². The number of nitrogens with one attached hydrogen (secondary N) is 1. The zero-order valence-corrected chi connectivity index (χ0v) is 19.1. The molecule has 2 amide bonds. The molecule has 1 N–H and O–H groups in total. The molecule has 0 fully saturated rings. The van der Waals surface area contributed by atoms with E-state index in [1.54, 1.807) is 32.9 Å². The minimum absolute atomic E-state index is 0.0952. The number of anilines is 2. The number of carbonyl (C=O) groups is 4. The third-order valence-corrected chi connectivity index (χ3v) is 5.89. The highest BCUT2D eigenvalue weighted by Gasteiger charge is 2.30. The fourth-order valence-electron chi connectivity index (χ4n) is 3.24. The Morgan fingerprint density at radius 3 is 2.50 bits per heavy atom. The fraction of sp³-hybridized carbons (Fsp3) is 0.364. The molecular formula is C22H24N2O7S. The molecule has 0 saturated heterocycles. The highest BCUT2D eigenvalue weighted by atomic mass is 32.1. The van der Waals surface area contributed by atoms with E-state index in [1.165, 1.54) is 4.90 Å². The number of hydrogen-bond acceptors (Lipinski definition) is 8. The van der Waals surface area contributed by atoms with Crippen LogP contribution in [0.3, 0.4) is 0 Å². The molecule has 32 heavy (non-hydrogen) atoms. The average Bonchev–Trinajstić information content (AvgIpc) is 3.06. The van der Waals surface area contributed by atoms with Crippen molar-refractivity contribution in [2.45, 2.75) is 27.7 Å². The number of rotatable bonds is 7. The summed E-state index contributed by atoms with van der Waals surface area (Å²) in [5, 5.41) is 2.82. The molecule has 0 radical (unpaired) electrons. The zero-order chi connectivity index (χ0) is 23.4. The number of aryl methyl sites for hydroxylation is 1. The van der Waals surface area contributed by atoms with Gasteiger partial charge < -0.3 is 19.5 Å². The standard InChI is InChI=1S/C22H24N2O7S/c1-5-29-21(27)18-13(4)19(22(28)30-6-2)32-20(18)23-16(25)10-24-14-9-12(3)7-8-15(14)31-11-17(24)26/h7-9H,5-6,10-11H2,1-4H3,(H,23,25). The van der Waals surface area contributed by atoms with Gasteiger partial charge in [-0.25, -0.2) is 9.59 Å². The van der Waals surface area contributed by atoms with Crippen LogP contribution in [0.25, 0.3) is 0 Å². The van der Waals surface area contributed by atoms with E-state index < -0.39 is 17.8 Å². The molecule has 1 aliphatic rings. The van der Waals surface area contributed by atoms with Gasteiger partial charge in [-0.3, -0.25) is 14.5 Å². The van der Waals surface area contributed by atoms with E-state index in [-0.39, 0.29) is 47.7 Å². The van der Waals surface area contributed by atoms with Crippen LogP contribution in [-0.4, -0.2) is 50.1 Å². The summed E-state index contributed by atoms with van der Waals surface area (Å²) in [4.78, 5) is 51.6. The predicted octanol–water partition coefficient (Wildman–Crippen LogP) is 3.08. The Morgan fingerprint density at radius 1 is 1.12 bits per heavy atom. The van der Waals surface area contributed by atoms with Crippen LogP contribution in [0.4, 0.5) is 10.7 Å². The highest BCUT2D eigenvalue weighted by Crippen LogP contribution is 2.35. The monoisotopic (exact) mass is 460 g/mol. The molecule has 0 aliphatic carbocycles. The molecule has 1 aromatic heterocycles. The van der Waals surface area contributed by atoms with Gasteiger partial charge >= 0.3 is 11.9 Å². The Morgan fingerprint density at radius 2 is 1.81 bits per heavy atom. The van der Waals surface area contributed by atoms with E-state index in [2.05, 4.69) is 5.32 Å². The van der Waals surface area contributed by atoms with Crippen LogP contribution in [0, 0.1) is 13.8 Å². The van der Waals surface area contributed by atoms with Crippen molar-refractivity contribution in [3.63, 3.8) is 0 Å². The lowest BCUT2D eigenvalue weighted by atomic mass is 10.1. The number of nitrogens with zero attached hydrogens (tertiary/aromatic N) is 1. The van der Waals surface area contributed by atoms with Gasteiger partial charge in [0.1, 0.15) is 22.2 Å². The first-order chi connectivity index (χ1) is 15.3. The number of fused-ring (bicyclic) bond motifs is 1. The molecule has 0 unspecified atom stereocenters. The van der Waals surface area contributed by atoms with Crippen molar-refractivity contribution in [3.05, 3.63) is 39.8 Å². The van der Waals surface area contributed by atoms with Crippen molar-refractivity contribution in [2.75, 3.05) is 36.6 Å². The number of amides is 2. The third-order valence-electron chi connectivity index (χ3n) is 4.70. The summed E-state index contributed by atoms with van der Waals surface area (Å²) in [6.45, 7) is 6.64. The van der Waals surface area contributed by atoms with Gasteiger partial charge in [0.25, 0.3) is 5.91 Å². The fourth-order valence-corrected chi connectivity index (χ4v) is 4.34. The van der Waals surface area contributed by atoms with E-state index in [0.717, 1.165) is 16.9 Å². The van der Waals surface area contributed by atoms with E-state index >= 15 is 0 Å². The van der Waals surface area contributed by atoms with Gasteiger partial charge in [0.2, 0.25) is 5.91 Å². The maximum absolute atomic E-state index is 12.9. The minimum atomic E-state index is -0.657. The molecule has 0 saturated carbocycles. The van der Waals surface area contributed by atoms with Gasteiger partial charge in [-0.2, -0.15) is 0 Å². The summed E-state index contributed by atoms with van der Waals surface area (Å²) >= 11 is 0.932. The molecule has 3 rings (SSSR count). The van der Waals surface area contributed by atoms with Crippen molar-refractivity contribution in [1.82, 2.24) is 0 Å². The molecule has 10 heteroatoms. The summed E-state index contributed by atoms with van der Waals surface area (Å²) in [5.74, 6) is -1.63. The highest BCUT2D eigenvalue weighted by molar-refractivity contribution is 7.18. The van der Waals surface area contributed by atoms with Crippen molar-refractivity contribution < 1.29 is 33.4 Å². The lowest BCUT2D eigenvalue weighted by molar-refractivity contribution is -0.123. The molecule has 1 aromatic carbocycles. The van der Waals surface area contributed by atoms with Crippen LogP contribution in [0.15, 0.2) is 18.2 Å². The molecule has 0 spiro atoms. The normalized spacial score (nSPS) is 12.6. The number of ether oxygens (including phenoxy) is 3. The summed E-state index contributed by atoms with van der Waals surface area (Å²) in [6, 6.07) is 5.36.